The maximum Gasteiger partial charge on any atom is 0.171 e. The van der Waals surface area contributed by atoms with E-state index < -0.39 is 0 Å². The summed E-state index contributed by atoms with van der Waals surface area (Å²) < 4.78 is 14.6. The van der Waals surface area contributed by atoms with Crippen LogP contribution in [0.1, 0.15) is 31.9 Å². The van der Waals surface area contributed by atoms with E-state index in [1.165, 1.54) is 11.6 Å². The molecule has 23 heavy (non-hydrogen) atoms. The highest BCUT2D eigenvalue weighted by Gasteiger charge is 2.15. The molecule has 0 aliphatic rings. The standard InChI is InChI=1S/C18H20BrFN2S/c1-12(2)10-17(13-6-4-3-5-7-13)22-18(23)21-16-9-8-14(19)11-15(16)20/h3-9,11-12,17H,10H2,1-2H3,(H2,21,22,23)/t17-/m1/s1. The summed E-state index contributed by atoms with van der Waals surface area (Å²) in [5, 5.41) is 6.65. The van der Waals surface area contributed by atoms with Gasteiger partial charge in [0.2, 0.25) is 0 Å². The molecule has 0 unspecified atom stereocenters. The highest BCUT2D eigenvalue weighted by atomic mass is 79.9. The van der Waals surface area contributed by atoms with Gasteiger partial charge in [0, 0.05) is 4.47 Å². The van der Waals surface area contributed by atoms with Crippen molar-refractivity contribution in [2.24, 2.45) is 5.92 Å². The van der Waals surface area contributed by atoms with Gasteiger partial charge in [0.05, 0.1) is 11.7 Å². The second-order valence-electron chi connectivity index (χ2n) is 5.82. The molecule has 0 bridgehead atoms. The van der Waals surface area contributed by atoms with Gasteiger partial charge in [-0.15, -0.1) is 0 Å². The van der Waals surface area contributed by atoms with Gasteiger partial charge >= 0.3 is 0 Å². The maximum atomic E-state index is 13.9. The lowest BCUT2D eigenvalue weighted by Crippen LogP contribution is -2.33. The van der Waals surface area contributed by atoms with Crippen LogP contribution in [0.15, 0.2) is 53.0 Å². The number of thiocarbonyl (C=S) groups is 1. The van der Waals surface area contributed by atoms with Crippen molar-refractivity contribution in [2.75, 3.05) is 5.32 Å². The summed E-state index contributed by atoms with van der Waals surface area (Å²) in [4.78, 5) is 0. The predicted octanol–water partition coefficient (Wildman–Crippen LogP) is 5.66. The van der Waals surface area contributed by atoms with Gasteiger partial charge in [0.1, 0.15) is 5.82 Å². The molecule has 2 rings (SSSR count). The molecule has 0 radical (unpaired) electrons. The number of halogens is 2. The number of nitrogens with one attached hydrogen (secondary N) is 2. The Morgan fingerprint density at radius 3 is 2.48 bits per heavy atom. The predicted molar refractivity (Wildman–Crippen MR) is 102 cm³/mol. The lowest BCUT2D eigenvalue weighted by molar-refractivity contribution is 0.480. The second-order valence-corrected chi connectivity index (χ2v) is 7.14. The van der Waals surface area contributed by atoms with E-state index >= 15 is 0 Å². The van der Waals surface area contributed by atoms with Crippen molar-refractivity contribution in [2.45, 2.75) is 26.3 Å². The molecule has 2 nitrogen and oxygen atoms in total. The summed E-state index contributed by atoms with van der Waals surface area (Å²) in [6.45, 7) is 4.34. The lowest BCUT2D eigenvalue weighted by Gasteiger charge is -2.23. The molecule has 0 saturated carbocycles. The Bertz CT molecular complexity index is 661. The molecular formula is C18H20BrFN2S. The van der Waals surface area contributed by atoms with Gasteiger partial charge in [0.15, 0.2) is 5.11 Å². The summed E-state index contributed by atoms with van der Waals surface area (Å²) in [7, 11) is 0. The average Bonchev–Trinajstić information content (AvgIpc) is 2.50. The SMILES string of the molecule is CC(C)C[C@@H](NC(=S)Nc1ccc(Br)cc1F)c1ccccc1. The van der Waals surface area contributed by atoms with Gasteiger partial charge in [-0.3, -0.25) is 0 Å². The number of benzene rings is 2. The van der Waals surface area contributed by atoms with Gasteiger partial charge < -0.3 is 10.6 Å². The van der Waals surface area contributed by atoms with Crippen molar-refractivity contribution < 1.29 is 4.39 Å². The molecule has 0 fully saturated rings. The Morgan fingerprint density at radius 2 is 1.87 bits per heavy atom. The largest absolute Gasteiger partial charge is 0.356 e. The molecule has 2 aromatic carbocycles. The molecule has 2 aromatic rings. The van der Waals surface area contributed by atoms with Crippen LogP contribution < -0.4 is 10.6 Å². The Balaban J connectivity index is 2.08. The van der Waals surface area contributed by atoms with Gasteiger partial charge in [-0.2, -0.15) is 0 Å². The quantitative estimate of drug-likeness (QED) is 0.639. The minimum atomic E-state index is -0.344. The van der Waals surface area contributed by atoms with Crippen LogP contribution in [0.2, 0.25) is 0 Å². The van der Waals surface area contributed by atoms with Crippen molar-refractivity contribution in [1.29, 1.82) is 0 Å². The van der Waals surface area contributed by atoms with Crippen LogP contribution in [0.3, 0.4) is 0 Å². The van der Waals surface area contributed by atoms with Crippen LogP contribution in [-0.2, 0) is 0 Å². The van der Waals surface area contributed by atoms with Crippen molar-refractivity contribution in [1.82, 2.24) is 5.32 Å². The molecular weight excluding hydrogens is 375 g/mol. The highest BCUT2D eigenvalue weighted by Crippen LogP contribution is 2.22. The smallest absolute Gasteiger partial charge is 0.171 e. The lowest BCUT2D eigenvalue weighted by atomic mass is 9.97. The Kier molecular flexibility index (Phi) is 6.54. The number of anilines is 1. The zero-order valence-electron chi connectivity index (χ0n) is 13.1. The fourth-order valence-corrected chi connectivity index (χ4v) is 2.93. The molecule has 0 heterocycles. The first-order valence-corrected chi connectivity index (χ1v) is 8.73. The minimum absolute atomic E-state index is 0.0923. The summed E-state index contributed by atoms with van der Waals surface area (Å²) in [5.41, 5.74) is 1.53. The Morgan fingerprint density at radius 1 is 1.17 bits per heavy atom. The molecule has 0 aliphatic carbocycles. The first-order chi connectivity index (χ1) is 11.0. The van der Waals surface area contributed by atoms with E-state index in [1.54, 1.807) is 12.1 Å². The third-order valence-corrected chi connectivity index (χ3v) is 4.11. The van der Waals surface area contributed by atoms with Crippen molar-refractivity contribution in [3.63, 3.8) is 0 Å². The number of rotatable bonds is 5. The molecule has 1 atom stereocenters. The van der Waals surface area contributed by atoms with Crippen LogP contribution in [0.4, 0.5) is 10.1 Å². The molecule has 0 aliphatic heterocycles. The van der Waals surface area contributed by atoms with Gasteiger partial charge in [-0.25, -0.2) is 4.39 Å². The number of hydrogen-bond donors (Lipinski definition) is 2. The summed E-state index contributed by atoms with van der Waals surface area (Å²) in [5.74, 6) is 0.170. The zero-order valence-corrected chi connectivity index (χ0v) is 15.5. The monoisotopic (exact) mass is 394 g/mol. The average molecular weight is 395 g/mol. The van der Waals surface area contributed by atoms with E-state index in [0.29, 0.717) is 21.2 Å². The molecule has 0 saturated heterocycles. The Labute approximate surface area is 150 Å². The van der Waals surface area contributed by atoms with E-state index in [4.69, 9.17) is 12.2 Å². The molecule has 5 heteroatoms. The third kappa shape index (κ3) is 5.59. The van der Waals surface area contributed by atoms with E-state index in [9.17, 15) is 4.39 Å². The molecule has 0 aromatic heterocycles. The first kappa shape index (κ1) is 17.9. The van der Waals surface area contributed by atoms with Crippen LogP contribution in [0.25, 0.3) is 0 Å². The van der Waals surface area contributed by atoms with Crippen molar-refractivity contribution in [3.8, 4) is 0 Å². The minimum Gasteiger partial charge on any atom is -0.356 e. The van der Waals surface area contributed by atoms with Gasteiger partial charge in [-0.1, -0.05) is 60.1 Å². The normalized spacial score (nSPS) is 12.0. The molecule has 122 valence electrons. The number of hydrogen-bond acceptors (Lipinski definition) is 1. The van der Waals surface area contributed by atoms with Crippen LogP contribution in [0, 0.1) is 11.7 Å². The van der Waals surface area contributed by atoms with Gasteiger partial charge in [-0.05, 0) is 48.3 Å². The first-order valence-electron chi connectivity index (χ1n) is 7.53. The molecule has 2 N–H and O–H groups in total. The summed E-state index contributed by atoms with van der Waals surface area (Å²) >= 11 is 8.60. The second kappa shape index (κ2) is 8.41. The fourth-order valence-electron chi connectivity index (χ4n) is 2.34. The molecule has 0 spiro atoms. The van der Waals surface area contributed by atoms with E-state index in [1.807, 2.05) is 18.2 Å². The zero-order chi connectivity index (χ0) is 16.8. The Hall–Kier alpha value is -1.46. The third-order valence-electron chi connectivity index (χ3n) is 3.39. The van der Waals surface area contributed by atoms with E-state index in [0.717, 1.165) is 6.42 Å². The van der Waals surface area contributed by atoms with Crippen molar-refractivity contribution >= 4 is 38.9 Å². The van der Waals surface area contributed by atoms with E-state index in [2.05, 4.69) is 52.5 Å². The summed E-state index contributed by atoms with van der Waals surface area (Å²) in [6, 6.07) is 15.1. The van der Waals surface area contributed by atoms with Crippen molar-refractivity contribution in [3.05, 3.63) is 64.4 Å². The van der Waals surface area contributed by atoms with Crippen LogP contribution >= 0.6 is 28.1 Å². The summed E-state index contributed by atoms with van der Waals surface area (Å²) in [6.07, 6.45) is 0.939. The van der Waals surface area contributed by atoms with Crippen LogP contribution in [0.5, 0.6) is 0 Å². The van der Waals surface area contributed by atoms with Crippen LogP contribution in [-0.4, -0.2) is 5.11 Å². The van der Waals surface area contributed by atoms with Gasteiger partial charge in [0.25, 0.3) is 0 Å². The topological polar surface area (TPSA) is 24.1 Å². The fraction of sp³-hybridized carbons (Fsp3) is 0.278. The highest BCUT2D eigenvalue weighted by molar-refractivity contribution is 9.10. The van der Waals surface area contributed by atoms with E-state index in [-0.39, 0.29) is 11.9 Å². The molecule has 0 amide bonds. The maximum absolute atomic E-state index is 13.9.